The Morgan fingerprint density at radius 1 is 1.18 bits per heavy atom. The number of anilines is 3. The minimum absolute atomic E-state index is 0.0515. The molecule has 0 radical (unpaired) electrons. The Balaban J connectivity index is 1.76. The molecule has 2 aromatic rings. The number of carboxylic acids is 1. The lowest BCUT2D eigenvalue weighted by Crippen LogP contribution is -2.63. The average Bonchev–Trinajstić information content (AvgIpc) is 2.74. The molecular formula is C24H34FN5O4. The third-order valence-corrected chi connectivity index (χ3v) is 6.23. The third-order valence-electron chi connectivity index (χ3n) is 6.23. The minimum Gasteiger partial charge on any atom is -0.493 e. The number of aromatic nitrogens is 2. The van der Waals surface area contributed by atoms with Crippen LogP contribution in [0.25, 0.3) is 0 Å². The largest absolute Gasteiger partial charge is 0.493 e. The number of aliphatic carboxylic acids is 1. The number of benzene rings is 1. The smallest absolute Gasteiger partial charge is 0.304 e. The fraction of sp³-hybridized carbons (Fsp3) is 0.542. The lowest BCUT2D eigenvalue weighted by atomic mass is 9.76. The Labute approximate surface area is 199 Å². The summed E-state index contributed by atoms with van der Waals surface area (Å²) in [5.74, 6) is 0.149. The molecule has 3 N–H and O–H groups in total. The van der Waals surface area contributed by atoms with E-state index in [9.17, 15) is 9.18 Å². The molecule has 10 heteroatoms. The van der Waals surface area contributed by atoms with Crippen LogP contribution in [0, 0.1) is 5.82 Å². The van der Waals surface area contributed by atoms with E-state index in [2.05, 4.69) is 53.2 Å². The number of likely N-dealkylation sites (tertiary alicyclic amines) is 1. The molecule has 34 heavy (non-hydrogen) atoms. The maximum Gasteiger partial charge on any atom is 0.304 e. The maximum absolute atomic E-state index is 14.6. The number of nitrogens with zero attached hydrogens (tertiary/aromatic N) is 3. The van der Waals surface area contributed by atoms with Gasteiger partial charge in [0.25, 0.3) is 0 Å². The molecule has 186 valence electrons. The van der Waals surface area contributed by atoms with Crippen LogP contribution in [0.4, 0.5) is 21.8 Å². The second-order valence-electron chi connectivity index (χ2n) is 9.75. The molecule has 0 atom stereocenters. The first-order valence-corrected chi connectivity index (χ1v) is 11.2. The molecule has 1 aromatic carbocycles. The highest BCUT2D eigenvalue weighted by Gasteiger charge is 2.45. The van der Waals surface area contributed by atoms with Crippen molar-refractivity contribution in [1.29, 1.82) is 0 Å². The van der Waals surface area contributed by atoms with Gasteiger partial charge in [-0.15, -0.1) is 0 Å². The SMILES string of the molecule is COc1ccc(Nc2ncc(F)c(NC3CC(C)(C)N(CCC(=O)O)C(C)(C)C3)n2)cc1OC. The number of piperidine rings is 1. The van der Waals surface area contributed by atoms with Crippen LogP contribution in [-0.4, -0.2) is 63.8 Å². The van der Waals surface area contributed by atoms with Crippen LogP contribution in [0.1, 0.15) is 47.0 Å². The number of halogens is 1. The van der Waals surface area contributed by atoms with E-state index in [1.807, 2.05) is 0 Å². The number of hydrogen-bond donors (Lipinski definition) is 3. The topological polar surface area (TPSA) is 109 Å². The van der Waals surface area contributed by atoms with Crippen molar-refractivity contribution in [2.75, 3.05) is 31.4 Å². The highest BCUT2D eigenvalue weighted by molar-refractivity contribution is 5.67. The molecule has 1 aliphatic heterocycles. The van der Waals surface area contributed by atoms with Crippen molar-refractivity contribution in [3.63, 3.8) is 0 Å². The van der Waals surface area contributed by atoms with Crippen molar-refractivity contribution < 1.29 is 23.8 Å². The van der Waals surface area contributed by atoms with Crippen molar-refractivity contribution in [3.8, 4) is 11.5 Å². The summed E-state index contributed by atoms with van der Waals surface area (Å²) < 4.78 is 25.2. The molecule has 1 aliphatic rings. The number of methoxy groups -OCH3 is 2. The van der Waals surface area contributed by atoms with Crippen LogP contribution in [-0.2, 0) is 4.79 Å². The summed E-state index contributed by atoms with van der Waals surface area (Å²) in [5, 5.41) is 15.5. The van der Waals surface area contributed by atoms with E-state index >= 15 is 0 Å². The maximum atomic E-state index is 14.6. The van der Waals surface area contributed by atoms with Gasteiger partial charge in [0.15, 0.2) is 23.1 Å². The highest BCUT2D eigenvalue weighted by Crippen LogP contribution is 2.39. The first kappa shape index (κ1) is 25.5. The summed E-state index contributed by atoms with van der Waals surface area (Å²) in [6.45, 7) is 8.81. The van der Waals surface area contributed by atoms with Crippen molar-refractivity contribution >= 4 is 23.4 Å². The fourth-order valence-corrected chi connectivity index (χ4v) is 5.00. The molecule has 0 amide bonds. The zero-order valence-electron chi connectivity index (χ0n) is 20.6. The standard InChI is InChI=1S/C24H34FN5O4/c1-23(2)12-16(13-24(3,4)30(23)10-9-20(31)32)27-21-17(25)14-26-22(29-21)28-15-7-8-18(33-5)19(11-15)34-6/h7-8,11,14,16H,9-10,12-13H2,1-6H3,(H,31,32)(H2,26,27,28,29). The zero-order chi connectivity index (χ0) is 25.1. The first-order valence-electron chi connectivity index (χ1n) is 11.2. The van der Waals surface area contributed by atoms with E-state index in [1.54, 1.807) is 32.4 Å². The van der Waals surface area contributed by atoms with Crippen molar-refractivity contribution in [1.82, 2.24) is 14.9 Å². The van der Waals surface area contributed by atoms with Crippen LogP contribution < -0.4 is 20.1 Å². The fourth-order valence-electron chi connectivity index (χ4n) is 5.00. The van der Waals surface area contributed by atoms with Crippen LogP contribution in [0.3, 0.4) is 0 Å². The van der Waals surface area contributed by atoms with E-state index in [-0.39, 0.29) is 35.3 Å². The zero-order valence-corrected chi connectivity index (χ0v) is 20.6. The Morgan fingerprint density at radius 2 is 1.82 bits per heavy atom. The Hall–Kier alpha value is -3.14. The average molecular weight is 476 g/mol. The summed E-state index contributed by atoms with van der Waals surface area (Å²) >= 11 is 0. The first-order chi connectivity index (χ1) is 15.9. The number of nitrogens with one attached hydrogen (secondary N) is 2. The second kappa shape index (κ2) is 10.0. The number of ether oxygens (including phenoxy) is 2. The third kappa shape index (κ3) is 5.85. The van der Waals surface area contributed by atoms with Crippen LogP contribution in [0.15, 0.2) is 24.4 Å². The Kier molecular flexibility index (Phi) is 7.50. The summed E-state index contributed by atoms with van der Waals surface area (Å²) in [6.07, 6.45) is 2.63. The van der Waals surface area contributed by atoms with E-state index in [4.69, 9.17) is 14.6 Å². The summed E-state index contributed by atoms with van der Waals surface area (Å²) in [5.41, 5.74) is 0.113. The molecule has 2 heterocycles. The lowest BCUT2D eigenvalue weighted by molar-refractivity contribution is -0.138. The molecule has 3 rings (SSSR count). The number of carbonyl (C=O) groups is 1. The van der Waals surface area contributed by atoms with Crippen molar-refractivity contribution in [2.45, 2.75) is 64.1 Å². The van der Waals surface area contributed by atoms with Gasteiger partial charge < -0.3 is 25.2 Å². The predicted octanol–water partition coefficient (Wildman–Crippen LogP) is 4.28. The van der Waals surface area contributed by atoms with Gasteiger partial charge in [0, 0.05) is 35.4 Å². The van der Waals surface area contributed by atoms with Gasteiger partial charge in [0.1, 0.15) is 0 Å². The van der Waals surface area contributed by atoms with Gasteiger partial charge in [-0.1, -0.05) is 0 Å². The lowest BCUT2D eigenvalue weighted by Gasteiger charge is -2.55. The molecule has 0 aliphatic carbocycles. The molecule has 9 nitrogen and oxygen atoms in total. The minimum atomic E-state index is -0.815. The Bertz CT molecular complexity index is 1010. The predicted molar refractivity (Wildman–Crippen MR) is 129 cm³/mol. The molecule has 0 unspecified atom stereocenters. The quantitative estimate of drug-likeness (QED) is 0.489. The van der Waals surface area contributed by atoms with Gasteiger partial charge in [-0.25, -0.2) is 9.37 Å². The van der Waals surface area contributed by atoms with Crippen LogP contribution in [0.5, 0.6) is 11.5 Å². The molecule has 1 aromatic heterocycles. The van der Waals surface area contributed by atoms with E-state index in [0.29, 0.717) is 36.6 Å². The number of carboxylic acid groups (broad SMARTS) is 1. The summed E-state index contributed by atoms with van der Waals surface area (Å²) in [7, 11) is 3.11. The molecular weight excluding hydrogens is 441 g/mol. The van der Waals surface area contributed by atoms with Gasteiger partial charge in [-0.05, 0) is 52.7 Å². The van der Waals surface area contributed by atoms with E-state index < -0.39 is 11.8 Å². The molecule has 0 saturated carbocycles. The number of hydrogen-bond acceptors (Lipinski definition) is 8. The van der Waals surface area contributed by atoms with E-state index in [1.165, 1.54) is 0 Å². The van der Waals surface area contributed by atoms with Crippen LogP contribution >= 0.6 is 0 Å². The molecule has 0 spiro atoms. The van der Waals surface area contributed by atoms with Gasteiger partial charge in [0.05, 0.1) is 26.8 Å². The van der Waals surface area contributed by atoms with Gasteiger partial charge in [0.2, 0.25) is 5.95 Å². The van der Waals surface area contributed by atoms with Crippen LogP contribution in [0.2, 0.25) is 0 Å². The second-order valence-corrected chi connectivity index (χ2v) is 9.75. The van der Waals surface area contributed by atoms with Gasteiger partial charge >= 0.3 is 5.97 Å². The normalized spacial score (nSPS) is 17.7. The van der Waals surface area contributed by atoms with Gasteiger partial charge in [-0.3, -0.25) is 9.69 Å². The highest BCUT2D eigenvalue weighted by atomic mass is 19.1. The van der Waals surface area contributed by atoms with Crippen molar-refractivity contribution in [3.05, 3.63) is 30.2 Å². The summed E-state index contributed by atoms with van der Waals surface area (Å²) in [4.78, 5) is 21.8. The van der Waals surface area contributed by atoms with Gasteiger partial charge in [-0.2, -0.15) is 4.98 Å². The molecule has 0 bridgehead atoms. The monoisotopic (exact) mass is 475 g/mol. The number of rotatable bonds is 9. The van der Waals surface area contributed by atoms with Crippen molar-refractivity contribution in [2.24, 2.45) is 0 Å². The summed E-state index contributed by atoms with van der Waals surface area (Å²) in [6, 6.07) is 5.24. The van der Waals surface area contributed by atoms with E-state index in [0.717, 1.165) is 6.20 Å². The molecule has 1 saturated heterocycles. The molecule has 1 fully saturated rings. The Morgan fingerprint density at radius 3 is 2.41 bits per heavy atom.